The van der Waals surface area contributed by atoms with Gasteiger partial charge in [0, 0.05) is 43.2 Å². The average Bonchev–Trinajstić information content (AvgIpc) is 3.64. The lowest BCUT2D eigenvalue weighted by molar-refractivity contribution is 0.0646. The molecule has 13 heteroatoms. The first-order valence-corrected chi connectivity index (χ1v) is 10.8. The van der Waals surface area contributed by atoms with Crippen molar-refractivity contribution in [3.63, 3.8) is 0 Å². The van der Waals surface area contributed by atoms with Crippen molar-refractivity contribution in [1.29, 1.82) is 0 Å². The van der Waals surface area contributed by atoms with E-state index in [9.17, 15) is 13.6 Å². The van der Waals surface area contributed by atoms with Crippen LogP contribution in [-0.2, 0) is 13.5 Å². The van der Waals surface area contributed by atoms with E-state index in [4.69, 9.17) is 4.42 Å². The summed E-state index contributed by atoms with van der Waals surface area (Å²) in [6.07, 6.45) is 2.58. The third-order valence-corrected chi connectivity index (χ3v) is 6.33. The summed E-state index contributed by atoms with van der Waals surface area (Å²) in [5.74, 6) is -0.512. The van der Waals surface area contributed by atoms with Gasteiger partial charge in [0.1, 0.15) is 6.04 Å². The molecule has 0 fully saturated rings. The molecule has 5 aromatic heterocycles. The van der Waals surface area contributed by atoms with E-state index in [1.807, 2.05) is 6.92 Å². The number of alkyl halides is 2. The van der Waals surface area contributed by atoms with Crippen LogP contribution in [0.2, 0.25) is 0 Å². The Morgan fingerprint density at radius 1 is 1.31 bits per heavy atom. The van der Waals surface area contributed by atoms with Crippen molar-refractivity contribution in [2.45, 2.75) is 25.8 Å². The Bertz CT molecular complexity index is 1560. The minimum absolute atomic E-state index is 0.143. The number of nitrogens with one attached hydrogen (secondary N) is 1. The molecule has 1 aliphatic heterocycles. The molecule has 6 rings (SSSR count). The Balaban J connectivity index is 1.41. The van der Waals surface area contributed by atoms with E-state index in [0.29, 0.717) is 29.9 Å². The van der Waals surface area contributed by atoms with E-state index in [1.54, 1.807) is 36.5 Å². The number of aromatic nitrogens is 8. The molecular formula is C22H19F2N9O2. The Labute approximate surface area is 196 Å². The fourth-order valence-corrected chi connectivity index (χ4v) is 4.42. The zero-order valence-corrected chi connectivity index (χ0v) is 18.7. The summed E-state index contributed by atoms with van der Waals surface area (Å²) in [4.78, 5) is 22.6. The number of imidazole rings is 1. The van der Waals surface area contributed by atoms with Gasteiger partial charge >= 0.3 is 11.8 Å². The molecule has 0 saturated heterocycles. The van der Waals surface area contributed by atoms with E-state index in [2.05, 4.69) is 30.4 Å². The normalized spacial score (nSPS) is 15.8. The van der Waals surface area contributed by atoms with Crippen molar-refractivity contribution < 1.29 is 18.0 Å². The first-order chi connectivity index (χ1) is 16.9. The summed E-state index contributed by atoms with van der Waals surface area (Å²) < 4.78 is 35.9. The fraction of sp³-hybridized carbons (Fsp3) is 0.273. The lowest BCUT2D eigenvalue weighted by atomic mass is 9.99. The highest BCUT2D eigenvalue weighted by molar-refractivity contribution is 5.90. The van der Waals surface area contributed by atoms with Gasteiger partial charge in [-0.25, -0.2) is 18.3 Å². The number of nitrogens with zero attached hydrogens (tertiary/aromatic N) is 8. The number of amides is 1. The maximum absolute atomic E-state index is 13.6. The van der Waals surface area contributed by atoms with Gasteiger partial charge in [-0.3, -0.25) is 9.48 Å². The number of H-pyrrole nitrogens is 1. The average molecular weight is 479 g/mol. The van der Waals surface area contributed by atoms with Crippen LogP contribution in [0.3, 0.4) is 0 Å². The highest BCUT2D eigenvalue weighted by atomic mass is 19.3. The molecule has 178 valence electrons. The maximum Gasteiger partial charge on any atom is 0.312 e. The largest absolute Gasteiger partial charge is 0.412 e. The molecule has 1 amide bonds. The van der Waals surface area contributed by atoms with Crippen LogP contribution in [0, 0.1) is 6.92 Å². The molecule has 1 N–H and O–H groups in total. The summed E-state index contributed by atoms with van der Waals surface area (Å²) in [6.45, 7) is 2.17. The molecule has 11 nitrogen and oxygen atoms in total. The van der Waals surface area contributed by atoms with Gasteiger partial charge in [0.05, 0.1) is 35.0 Å². The number of carbonyl (C=O) groups is 1. The summed E-state index contributed by atoms with van der Waals surface area (Å²) in [6, 6.07) is 3.71. The molecule has 1 atom stereocenters. The van der Waals surface area contributed by atoms with Gasteiger partial charge in [0.15, 0.2) is 0 Å². The Hall–Kier alpha value is -4.42. The molecule has 0 unspecified atom stereocenters. The molecule has 0 spiro atoms. The molecular weight excluding hydrogens is 460 g/mol. The van der Waals surface area contributed by atoms with Gasteiger partial charge in [0.2, 0.25) is 0 Å². The minimum Gasteiger partial charge on any atom is -0.412 e. The number of fused-ring (bicyclic) bond motifs is 2. The van der Waals surface area contributed by atoms with Crippen LogP contribution in [0.15, 0.2) is 41.3 Å². The predicted octanol–water partition coefficient (Wildman–Crippen LogP) is 2.87. The van der Waals surface area contributed by atoms with Crippen LogP contribution >= 0.6 is 0 Å². The Morgan fingerprint density at radius 3 is 2.94 bits per heavy atom. The van der Waals surface area contributed by atoms with E-state index in [1.165, 1.54) is 21.5 Å². The monoisotopic (exact) mass is 479 g/mol. The Kier molecular flexibility index (Phi) is 4.72. The van der Waals surface area contributed by atoms with Crippen LogP contribution in [0.25, 0.3) is 17.0 Å². The van der Waals surface area contributed by atoms with Crippen LogP contribution in [0.1, 0.15) is 51.5 Å². The molecule has 1 aliphatic rings. The highest BCUT2D eigenvalue weighted by Crippen LogP contribution is 2.35. The van der Waals surface area contributed by atoms with E-state index < -0.39 is 18.4 Å². The highest BCUT2D eigenvalue weighted by Gasteiger charge is 2.38. The maximum atomic E-state index is 13.6. The zero-order chi connectivity index (χ0) is 24.3. The third kappa shape index (κ3) is 3.30. The smallest absolute Gasteiger partial charge is 0.312 e. The number of halogens is 2. The van der Waals surface area contributed by atoms with Gasteiger partial charge in [0.25, 0.3) is 12.3 Å². The van der Waals surface area contributed by atoms with Gasteiger partial charge in [-0.1, -0.05) is 0 Å². The fourth-order valence-electron chi connectivity index (χ4n) is 4.42. The summed E-state index contributed by atoms with van der Waals surface area (Å²) >= 11 is 0. The Morgan fingerprint density at radius 2 is 2.17 bits per heavy atom. The molecule has 5 aromatic rings. The second-order valence-corrected chi connectivity index (χ2v) is 8.26. The predicted molar refractivity (Wildman–Crippen MR) is 117 cm³/mol. The van der Waals surface area contributed by atoms with Crippen LogP contribution in [0.4, 0.5) is 8.78 Å². The number of hydrogen-bond acceptors (Lipinski definition) is 7. The van der Waals surface area contributed by atoms with E-state index in [-0.39, 0.29) is 22.9 Å². The summed E-state index contributed by atoms with van der Waals surface area (Å²) in [7, 11) is 1.79. The van der Waals surface area contributed by atoms with Crippen molar-refractivity contribution in [1.82, 2.24) is 44.5 Å². The second kappa shape index (κ2) is 7.82. The minimum atomic E-state index is -2.67. The molecule has 0 bridgehead atoms. The van der Waals surface area contributed by atoms with Crippen LogP contribution in [0.5, 0.6) is 0 Å². The zero-order valence-electron chi connectivity index (χ0n) is 18.7. The number of aryl methyl sites for hydroxylation is 1. The van der Waals surface area contributed by atoms with Crippen molar-refractivity contribution in [3.8, 4) is 11.5 Å². The quantitative estimate of drug-likeness (QED) is 0.420. The lowest BCUT2D eigenvalue weighted by Crippen LogP contribution is -2.41. The van der Waals surface area contributed by atoms with Crippen molar-refractivity contribution in [2.75, 3.05) is 6.54 Å². The second-order valence-electron chi connectivity index (χ2n) is 8.26. The topological polar surface area (TPSA) is 123 Å². The van der Waals surface area contributed by atoms with Crippen molar-refractivity contribution in [3.05, 3.63) is 71.1 Å². The molecule has 0 aromatic carbocycles. The number of rotatable bonds is 4. The van der Waals surface area contributed by atoms with E-state index in [0.717, 1.165) is 11.4 Å². The van der Waals surface area contributed by atoms with Gasteiger partial charge in [-0.2, -0.15) is 10.2 Å². The number of aromatic amines is 1. The third-order valence-electron chi connectivity index (χ3n) is 6.33. The van der Waals surface area contributed by atoms with Gasteiger partial charge in [-0.15, -0.1) is 10.2 Å². The van der Waals surface area contributed by atoms with Crippen molar-refractivity contribution in [2.24, 2.45) is 7.05 Å². The first-order valence-electron chi connectivity index (χ1n) is 10.8. The van der Waals surface area contributed by atoms with Gasteiger partial charge in [-0.05, 0) is 25.1 Å². The molecule has 35 heavy (non-hydrogen) atoms. The van der Waals surface area contributed by atoms with Crippen molar-refractivity contribution >= 4 is 11.4 Å². The molecule has 0 radical (unpaired) electrons. The number of pyridine rings is 1. The van der Waals surface area contributed by atoms with E-state index >= 15 is 0 Å². The SMILES string of the molecule is Cc1c(-c2nnc(C(=O)N3CCc4[nH]cnc4[C@H]3c3cc4c(C(F)F)cccn4n3)o2)cnn1C. The van der Waals surface area contributed by atoms with Gasteiger partial charge < -0.3 is 14.3 Å². The number of carbonyl (C=O) groups excluding carboxylic acids is 1. The molecule has 0 saturated carbocycles. The first kappa shape index (κ1) is 21.1. The molecule has 0 aliphatic carbocycles. The lowest BCUT2D eigenvalue weighted by Gasteiger charge is -2.32. The van der Waals surface area contributed by atoms with Crippen LogP contribution < -0.4 is 0 Å². The summed E-state index contributed by atoms with van der Waals surface area (Å²) in [5.41, 5.74) is 3.40. The molecule has 6 heterocycles. The number of hydrogen-bond donors (Lipinski definition) is 1. The summed E-state index contributed by atoms with van der Waals surface area (Å²) in [5, 5.41) is 16.7. The standard InChI is InChI=1S/C22H19F2N9O2/c1-11-13(9-27-31(11)2)20-28-29-21(35-20)22(34)32-7-5-14-17(26-10-25-14)18(32)15-8-16-12(19(23)24)4-3-6-33(16)30-15/h3-4,6,8-10,18-19H,5,7H2,1-2H3,(H,25,26)/t18-/m1/s1. The van der Waals surface area contributed by atoms with Crippen LogP contribution in [-0.4, -0.2) is 56.9 Å².